The van der Waals surface area contributed by atoms with Crippen LogP contribution in [0.1, 0.15) is 59.2 Å². The lowest BCUT2D eigenvalue weighted by Gasteiger charge is -2.27. The van der Waals surface area contributed by atoms with Gasteiger partial charge in [-0.05, 0) is 38.2 Å². The summed E-state index contributed by atoms with van der Waals surface area (Å²) in [6.45, 7) is 0. The summed E-state index contributed by atoms with van der Waals surface area (Å²) in [5.41, 5.74) is 1.04. The first-order valence-electron chi connectivity index (χ1n) is 10.4. The average Bonchev–Trinajstić information content (AvgIpc) is 2.99. The maximum absolute atomic E-state index is 13.2. The van der Waals surface area contributed by atoms with E-state index in [2.05, 4.69) is 5.32 Å². The van der Waals surface area contributed by atoms with Crippen LogP contribution in [0.15, 0.2) is 18.2 Å². The minimum Gasteiger partial charge on any atom is -0.481 e. The molecule has 1 aliphatic carbocycles. The summed E-state index contributed by atoms with van der Waals surface area (Å²) in [6.07, 6.45) is 4.86. The van der Waals surface area contributed by atoms with Crippen LogP contribution < -0.4 is 5.32 Å². The molecule has 9 heteroatoms. The minimum absolute atomic E-state index is 0.0728. The Morgan fingerprint density at radius 3 is 2.45 bits per heavy atom. The molecule has 0 aromatic heterocycles. The van der Waals surface area contributed by atoms with Crippen LogP contribution in [-0.2, 0) is 14.4 Å². The zero-order valence-corrected chi connectivity index (χ0v) is 17.2. The van der Waals surface area contributed by atoms with Crippen molar-refractivity contribution in [3.05, 3.63) is 29.3 Å². The number of amides is 4. The lowest BCUT2D eigenvalue weighted by Crippen LogP contribution is -2.54. The lowest BCUT2D eigenvalue weighted by molar-refractivity contribution is -0.402. The van der Waals surface area contributed by atoms with Crippen LogP contribution in [0.5, 0.6) is 0 Å². The molecule has 4 amide bonds. The summed E-state index contributed by atoms with van der Waals surface area (Å²) in [6, 6.07) is 4.01. The van der Waals surface area contributed by atoms with Gasteiger partial charge < -0.3 is 5.11 Å². The van der Waals surface area contributed by atoms with Crippen LogP contribution in [0, 0.1) is 11.8 Å². The molecule has 0 bridgehead atoms. The molecule has 1 aromatic carbocycles. The summed E-state index contributed by atoms with van der Waals surface area (Å²) in [4.78, 5) is 62.0. The van der Waals surface area contributed by atoms with Crippen molar-refractivity contribution in [2.24, 2.45) is 11.8 Å². The van der Waals surface area contributed by atoms with E-state index in [1.165, 1.54) is 0 Å². The third-order valence-electron chi connectivity index (χ3n) is 6.38. The number of benzene rings is 1. The van der Waals surface area contributed by atoms with Gasteiger partial charge in [0.1, 0.15) is 24.9 Å². The Morgan fingerprint density at radius 1 is 1.10 bits per heavy atom. The molecule has 0 radical (unpaired) electrons. The SMILES string of the molecule is C/[N+](=C/C1CCC(C(=O)O)CC1)c1cccc2c1C(=O)N(C1CCC(=O)NC1=O)C2=O. The van der Waals surface area contributed by atoms with E-state index in [9.17, 15) is 24.0 Å². The minimum atomic E-state index is -1.00. The van der Waals surface area contributed by atoms with Crippen molar-refractivity contribution in [2.75, 3.05) is 7.05 Å². The number of nitrogens with one attached hydrogen (secondary N) is 1. The Kier molecular flexibility index (Phi) is 5.43. The Balaban J connectivity index is 1.59. The number of aliphatic carboxylic acids is 1. The molecule has 1 saturated carbocycles. The fourth-order valence-electron chi connectivity index (χ4n) is 4.70. The van der Waals surface area contributed by atoms with E-state index < -0.39 is 35.6 Å². The van der Waals surface area contributed by atoms with Crippen molar-refractivity contribution >= 4 is 41.5 Å². The van der Waals surface area contributed by atoms with E-state index in [0.29, 0.717) is 18.5 Å². The fraction of sp³-hybridized carbons (Fsp3) is 0.455. The first-order valence-corrected chi connectivity index (χ1v) is 10.4. The largest absolute Gasteiger partial charge is 0.481 e. The van der Waals surface area contributed by atoms with Gasteiger partial charge in [0.2, 0.25) is 17.5 Å². The number of piperidine rings is 1. The van der Waals surface area contributed by atoms with E-state index >= 15 is 0 Å². The molecule has 2 heterocycles. The molecule has 1 atom stereocenters. The molecule has 162 valence electrons. The zero-order valence-electron chi connectivity index (χ0n) is 17.2. The predicted octanol–water partition coefficient (Wildman–Crippen LogP) is 1.32. The van der Waals surface area contributed by atoms with Crippen LogP contribution in [0.3, 0.4) is 0 Å². The molecule has 1 aromatic rings. The highest BCUT2D eigenvalue weighted by molar-refractivity contribution is 6.25. The molecule has 1 saturated heterocycles. The highest BCUT2D eigenvalue weighted by Crippen LogP contribution is 2.34. The molecular weight excluding hydrogens is 402 g/mol. The average molecular weight is 426 g/mol. The van der Waals surface area contributed by atoms with Crippen LogP contribution in [0.25, 0.3) is 0 Å². The molecule has 2 fully saturated rings. The standard InChI is InChI=1S/C22H23N3O6/c1-24(11-12-5-7-13(8-6-12)22(30)31)15-4-2-3-14-18(15)21(29)25(20(14)28)16-9-10-17(26)23-19(16)27/h2-4,11-13,16H,5-10H2,1H3,(H-,23,26,27,30,31)/p+1/b24-11-. The molecule has 2 aliphatic heterocycles. The number of nitrogens with zero attached hydrogens (tertiary/aromatic N) is 2. The van der Waals surface area contributed by atoms with Crippen molar-refractivity contribution in [3.63, 3.8) is 0 Å². The summed E-state index contributed by atoms with van der Waals surface area (Å²) < 4.78 is 1.81. The van der Waals surface area contributed by atoms with Crippen LogP contribution in [0.4, 0.5) is 5.69 Å². The highest BCUT2D eigenvalue weighted by Gasteiger charge is 2.47. The maximum atomic E-state index is 13.2. The number of carboxylic acids is 1. The second-order valence-electron chi connectivity index (χ2n) is 8.36. The first kappa shape index (κ1) is 20.9. The summed E-state index contributed by atoms with van der Waals surface area (Å²) in [5.74, 6) is -3.02. The summed E-state index contributed by atoms with van der Waals surface area (Å²) >= 11 is 0. The van der Waals surface area contributed by atoms with Gasteiger partial charge in [-0.25, -0.2) is 4.58 Å². The van der Waals surface area contributed by atoms with Gasteiger partial charge in [0, 0.05) is 18.4 Å². The number of fused-ring (bicyclic) bond motifs is 1. The van der Waals surface area contributed by atoms with Crippen molar-refractivity contribution in [1.29, 1.82) is 0 Å². The predicted molar refractivity (Wildman–Crippen MR) is 108 cm³/mol. The topological polar surface area (TPSA) is 124 Å². The van der Waals surface area contributed by atoms with Crippen molar-refractivity contribution in [3.8, 4) is 0 Å². The van der Waals surface area contributed by atoms with Gasteiger partial charge in [-0.15, -0.1) is 0 Å². The zero-order chi connectivity index (χ0) is 22.3. The fourth-order valence-corrected chi connectivity index (χ4v) is 4.70. The monoisotopic (exact) mass is 426 g/mol. The van der Waals surface area contributed by atoms with Gasteiger partial charge in [0.15, 0.2) is 0 Å². The van der Waals surface area contributed by atoms with Gasteiger partial charge in [-0.2, -0.15) is 0 Å². The van der Waals surface area contributed by atoms with E-state index in [0.717, 1.165) is 17.7 Å². The third kappa shape index (κ3) is 3.75. The molecule has 3 aliphatic rings. The number of carbonyl (C=O) groups is 5. The van der Waals surface area contributed by atoms with Gasteiger partial charge in [0.25, 0.3) is 11.8 Å². The van der Waals surface area contributed by atoms with Gasteiger partial charge in [-0.3, -0.25) is 34.2 Å². The lowest BCUT2D eigenvalue weighted by atomic mass is 9.82. The van der Waals surface area contributed by atoms with Crippen LogP contribution in [-0.4, -0.2) is 63.5 Å². The van der Waals surface area contributed by atoms with E-state index in [-0.39, 0.29) is 35.8 Å². The number of rotatable bonds is 4. The number of imide groups is 2. The first-order chi connectivity index (χ1) is 14.8. The molecule has 2 N–H and O–H groups in total. The molecule has 0 spiro atoms. The van der Waals surface area contributed by atoms with Crippen molar-refractivity contribution in [1.82, 2.24) is 10.2 Å². The number of hydrogen-bond acceptors (Lipinski definition) is 5. The van der Waals surface area contributed by atoms with Crippen molar-refractivity contribution in [2.45, 2.75) is 44.6 Å². The quantitative estimate of drug-likeness (QED) is 0.425. The molecule has 31 heavy (non-hydrogen) atoms. The number of carbonyl (C=O) groups excluding carboxylic acids is 4. The summed E-state index contributed by atoms with van der Waals surface area (Å²) in [5, 5.41) is 11.4. The molecule has 4 rings (SSSR count). The second kappa shape index (κ2) is 8.05. The maximum Gasteiger partial charge on any atom is 0.306 e. The van der Waals surface area contributed by atoms with Crippen molar-refractivity contribution < 1.29 is 33.7 Å². The Morgan fingerprint density at radius 2 is 1.81 bits per heavy atom. The van der Waals surface area contributed by atoms with Gasteiger partial charge in [-0.1, -0.05) is 6.07 Å². The van der Waals surface area contributed by atoms with E-state index in [1.807, 2.05) is 10.8 Å². The number of carboxylic acid groups (broad SMARTS) is 1. The molecule has 1 unspecified atom stereocenters. The normalized spacial score (nSPS) is 26.7. The van der Waals surface area contributed by atoms with Gasteiger partial charge >= 0.3 is 5.97 Å². The Hall–Kier alpha value is -3.36. The second-order valence-corrected chi connectivity index (χ2v) is 8.36. The number of hydrogen-bond donors (Lipinski definition) is 2. The Labute approximate surface area is 178 Å². The van der Waals surface area contributed by atoms with Crippen LogP contribution in [0.2, 0.25) is 0 Å². The third-order valence-corrected chi connectivity index (χ3v) is 6.38. The van der Waals surface area contributed by atoms with E-state index in [4.69, 9.17) is 5.11 Å². The van der Waals surface area contributed by atoms with Gasteiger partial charge in [0.05, 0.1) is 11.5 Å². The Bertz CT molecular complexity index is 1020. The molecular formula is C22H24N3O6+. The highest BCUT2D eigenvalue weighted by atomic mass is 16.4. The smallest absolute Gasteiger partial charge is 0.306 e. The van der Waals surface area contributed by atoms with Crippen LogP contribution >= 0.6 is 0 Å². The molecule has 9 nitrogen and oxygen atoms in total. The summed E-state index contributed by atoms with van der Waals surface area (Å²) in [7, 11) is 1.80. The van der Waals surface area contributed by atoms with E-state index in [1.54, 1.807) is 25.2 Å².